The first-order chi connectivity index (χ1) is 4.93. The largest absolute Gasteiger partial charge is 0.300 e. The van der Waals surface area contributed by atoms with Gasteiger partial charge in [-0.1, -0.05) is 12.2 Å². The third kappa shape index (κ3) is 2.76. The van der Waals surface area contributed by atoms with Crippen molar-refractivity contribution in [1.29, 1.82) is 0 Å². The van der Waals surface area contributed by atoms with Crippen LogP contribution in [0.1, 0.15) is 12.8 Å². The molecule has 0 aromatic carbocycles. The molecule has 0 radical (unpaired) electrons. The predicted octanol–water partition coefficient (Wildman–Crippen LogP) is 1.57. The summed E-state index contributed by atoms with van der Waals surface area (Å²) >= 11 is 4.09. The van der Waals surface area contributed by atoms with Crippen LogP contribution in [0, 0.1) is 0 Å². The zero-order valence-electron chi connectivity index (χ0n) is 6.29. The maximum atomic E-state index is 4.09. The second-order valence-corrected chi connectivity index (χ2v) is 3.03. The molecule has 1 fully saturated rings. The average Bonchev–Trinajstić information content (AvgIpc) is 2.41. The van der Waals surface area contributed by atoms with Crippen molar-refractivity contribution in [2.45, 2.75) is 12.8 Å². The van der Waals surface area contributed by atoms with Gasteiger partial charge in [-0.05, 0) is 25.9 Å². The van der Waals surface area contributed by atoms with Gasteiger partial charge in [0.2, 0.25) is 0 Å². The summed E-state index contributed by atoms with van der Waals surface area (Å²) in [5, 5.41) is 0. The van der Waals surface area contributed by atoms with Crippen molar-refractivity contribution in [2.24, 2.45) is 0 Å². The molecule has 0 bridgehead atoms. The van der Waals surface area contributed by atoms with E-state index < -0.39 is 0 Å². The van der Waals surface area contributed by atoms with E-state index in [0.717, 1.165) is 12.3 Å². The first-order valence-electron chi connectivity index (χ1n) is 3.91. The van der Waals surface area contributed by atoms with Crippen LogP contribution in [0.2, 0.25) is 0 Å². The number of hydrogen-bond acceptors (Lipinski definition) is 2. The van der Waals surface area contributed by atoms with Gasteiger partial charge in [-0.25, -0.2) is 0 Å². The molecule has 0 aliphatic carbocycles. The van der Waals surface area contributed by atoms with Crippen LogP contribution in [0.25, 0.3) is 0 Å². The molecule has 0 aromatic heterocycles. The van der Waals surface area contributed by atoms with Crippen molar-refractivity contribution in [3.8, 4) is 0 Å². The summed E-state index contributed by atoms with van der Waals surface area (Å²) < 4.78 is 0. The van der Waals surface area contributed by atoms with Gasteiger partial charge < -0.3 is 0 Å². The Balaban J connectivity index is 2.06. The lowest BCUT2D eigenvalue weighted by atomic mass is 10.4. The standard InChI is InChI=1S/C8H15NS/c10-8-4-3-7-9-5-1-2-6-9/h3-4,10H,1-2,5-8H2. The van der Waals surface area contributed by atoms with Crippen LogP contribution >= 0.6 is 12.6 Å². The van der Waals surface area contributed by atoms with Gasteiger partial charge in [-0.15, -0.1) is 0 Å². The van der Waals surface area contributed by atoms with Crippen molar-refractivity contribution in [3.05, 3.63) is 12.2 Å². The molecule has 1 aliphatic rings. The van der Waals surface area contributed by atoms with Gasteiger partial charge in [0.15, 0.2) is 0 Å². The fourth-order valence-electron chi connectivity index (χ4n) is 1.26. The molecular weight excluding hydrogens is 142 g/mol. The highest BCUT2D eigenvalue weighted by Crippen LogP contribution is 2.06. The second kappa shape index (κ2) is 4.80. The lowest BCUT2D eigenvalue weighted by molar-refractivity contribution is 0.377. The Morgan fingerprint density at radius 1 is 1.20 bits per heavy atom. The highest BCUT2D eigenvalue weighted by atomic mass is 32.1. The van der Waals surface area contributed by atoms with E-state index in [0.29, 0.717) is 0 Å². The Morgan fingerprint density at radius 3 is 2.50 bits per heavy atom. The van der Waals surface area contributed by atoms with Gasteiger partial charge in [0.05, 0.1) is 0 Å². The second-order valence-electron chi connectivity index (χ2n) is 2.66. The molecular formula is C8H15NS. The van der Waals surface area contributed by atoms with E-state index in [2.05, 4.69) is 29.7 Å². The number of likely N-dealkylation sites (tertiary alicyclic amines) is 1. The number of nitrogens with zero attached hydrogens (tertiary/aromatic N) is 1. The van der Waals surface area contributed by atoms with Gasteiger partial charge in [0.25, 0.3) is 0 Å². The van der Waals surface area contributed by atoms with Gasteiger partial charge >= 0.3 is 0 Å². The van der Waals surface area contributed by atoms with Crippen LogP contribution in [0.3, 0.4) is 0 Å². The van der Waals surface area contributed by atoms with Gasteiger partial charge in [-0.3, -0.25) is 4.90 Å². The minimum absolute atomic E-state index is 0.869. The number of hydrogen-bond donors (Lipinski definition) is 1. The first kappa shape index (κ1) is 8.15. The number of thiol groups is 1. The zero-order valence-corrected chi connectivity index (χ0v) is 7.19. The van der Waals surface area contributed by atoms with Crippen LogP contribution < -0.4 is 0 Å². The van der Waals surface area contributed by atoms with E-state index in [1.807, 2.05) is 0 Å². The zero-order chi connectivity index (χ0) is 7.23. The van der Waals surface area contributed by atoms with E-state index in [9.17, 15) is 0 Å². The molecule has 1 rings (SSSR count). The van der Waals surface area contributed by atoms with E-state index in [1.54, 1.807) is 0 Å². The molecule has 10 heavy (non-hydrogen) atoms. The van der Waals surface area contributed by atoms with Crippen molar-refractivity contribution >= 4 is 12.6 Å². The van der Waals surface area contributed by atoms with E-state index in [4.69, 9.17) is 0 Å². The fraction of sp³-hybridized carbons (Fsp3) is 0.750. The van der Waals surface area contributed by atoms with Gasteiger partial charge in [-0.2, -0.15) is 12.6 Å². The summed E-state index contributed by atoms with van der Waals surface area (Å²) in [5.74, 6) is 0.869. The maximum absolute atomic E-state index is 4.09. The van der Waals surface area contributed by atoms with Gasteiger partial charge in [0.1, 0.15) is 0 Å². The highest BCUT2D eigenvalue weighted by Gasteiger charge is 2.08. The third-order valence-electron chi connectivity index (χ3n) is 1.83. The SMILES string of the molecule is SCC=CCN1CCCC1. The molecule has 0 aromatic rings. The summed E-state index contributed by atoms with van der Waals surface area (Å²) in [5.41, 5.74) is 0. The number of rotatable bonds is 3. The molecule has 0 spiro atoms. The van der Waals surface area contributed by atoms with Crippen molar-refractivity contribution in [3.63, 3.8) is 0 Å². The topological polar surface area (TPSA) is 3.24 Å². The lowest BCUT2D eigenvalue weighted by Crippen LogP contribution is -2.18. The predicted molar refractivity (Wildman–Crippen MR) is 48.7 cm³/mol. The Bertz CT molecular complexity index is 106. The summed E-state index contributed by atoms with van der Waals surface area (Å²) in [6.07, 6.45) is 7.09. The van der Waals surface area contributed by atoms with E-state index in [1.165, 1.54) is 25.9 Å². The molecule has 0 atom stereocenters. The molecule has 1 saturated heterocycles. The normalized spacial score (nSPS) is 20.9. The smallest absolute Gasteiger partial charge is 0.0163 e. The quantitative estimate of drug-likeness (QED) is 0.481. The van der Waals surface area contributed by atoms with Crippen LogP contribution in [0.5, 0.6) is 0 Å². The molecule has 2 heteroatoms. The van der Waals surface area contributed by atoms with Crippen LogP contribution in [0.4, 0.5) is 0 Å². The molecule has 58 valence electrons. The minimum atomic E-state index is 0.869. The average molecular weight is 157 g/mol. The summed E-state index contributed by atoms with van der Waals surface area (Å²) in [6.45, 7) is 3.70. The Morgan fingerprint density at radius 2 is 1.90 bits per heavy atom. The van der Waals surface area contributed by atoms with Crippen molar-refractivity contribution in [1.82, 2.24) is 4.90 Å². The third-order valence-corrected chi connectivity index (χ3v) is 2.05. The molecule has 1 aliphatic heterocycles. The van der Waals surface area contributed by atoms with E-state index >= 15 is 0 Å². The molecule has 1 heterocycles. The minimum Gasteiger partial charge on any atom is -0.300 e. The Labute approximate surface area is 68.5 Å². The van der Waals surface area contributed by atoms with Crippen molar-refractivity contribution in [2.75, 3.05) is 25.4 Å². The van der Waals surface area contributed by atoms with Crippen LogP contribution in [-0.2, 0) is 0 Å². The first-order valence-corrected chi connectivity index (χ1v) is 4.55. The van der Waals surface area contributed by atoms with Crippen LogP contribution in [-0.4, -0.2) is 30.3 Å². The van der Waals surface area contributed by atoms with E-state index in [-0.39, 0.29) is 0 Å². The van der Waals surface area contributed by atoms with Crippen molar-refractivity contribution < 1.29 is 0 Å². The Kier molecular flexibility index (Phi) is 3.91. The summed E-state index contributed by atoms with van der Waals surface area (Å²) in [7, 11) is 0. The molecule has 1 nitrogen and oxygen atoms in total. The van der Waals surface area contributed by atoms with Crippen LogP contribution in [0.15, 0.2) is 12.2 Å². The summed E-state index contributed by atoms with van der Waals surface area (Å²) in [6, 6.07) is 0. The molecule has 0 unspecified atom stereocenters. The lowest BCUT2D eigenvalue weighted by Gasteiger charge is -2.09. The Hall–Kier alpha value is 0.0500. The monoisotopic (exact) mass is 157 g/mol. The maximum Gasteiger partial charge on any atom is 0.0163 e. The highest BCUT2D eigenvalue weighted by molar-refractivity contribution is 7.80. The summed E-state index contributed by atoms with van der Waals surface area (Å²) in [4.78, 5) is 2.47. The molecule has 0 amide bonds. The van der Waals surface area contributed by atoms with Gasteiger partial charge in [0, 0.05) is 12.3 Å². The molecule has 0 saturated carbocycles. The molecule has 0 N–H and O–H groups in total. The fourth-order valence-corrected chi connectivity index (χ4v) is 1.41.